The van der Waals surface area contributed by atoms with Gasteiger partial charge < -0.3 is 5.11 Å². The highest BCUT2D eigenvalue weighted by Crippen LogP contribution is 2.24. The molecule has 94 valence electrons. The Labute approximate surface area is 111 Å². The molecule has 0 aliphatic carbocycles. The van der Waals surface area contributed by atoms with Crippen LogP contribution in [0.25, 0.3) is 0 Å². The van der Waals surface area contributed by atoms with Crippen LogP contribution in [0.3, 0.4) is 0 Å². The topological polar surface area (TPSA) is 20.2 Å². The summed E-state index contributed by atoms with van der Waals surface area (Å²) in [7, 11) is 0. The highest BCUT2D eigenvalue weighted by atomic mass is 35.5. The zero-order chi connectivity index (χ0) is 13.1. The normalized spacial score (nSPS) is 12.4. The molecule has 0 aliphatic rings. The molecule has 0 saturated carbocycles. The third-order valence-corrected chi connectivity index (χ3v) is 3.16. The Morgan fingerprint density at radius 1 is 1.22 bits per heavy atom. The van der Waals surface area contributed by atoms with E-state index in [4.69, 9.17) is 11.6 Å². The first-order valence-corrected chi connectivity index (χ1v) is 6.12. The largest absolute Gasteiger partial charge is 0.388 e. The Morgan fingerprint density at radius 3 is 2.61 bits per heavy atom. The first-order valence-electron chi connectivity index (χ1n) is 5.75. The summed E-state index contributed by atoms with van der Waals surface area (Å²) in [5, 5.41) is 10.4. The zero-order valence-corrected chi connectivity index (χ0v) is 10.8. The van der Waals surface area contributed by atoms with Gasteiger partial charge in [0.05, 0.1) is 6.10 Å². The van der Waals surface area contributed by atoms with Crippen molar-refractivity contribution in [1.29, 1.82) is 0 Å². The molecule has 0 aliphatic heterocycles. The van der Waals surface area contributed by atoms with Crippen LogP contribution in [0.4, 0.5) is 4.39 Å². The summed E-state index contributed by atoms with van der Waals surface area (Å²) in [4.78, 5) is 0. The van der Waals surface area contributed by atoms with E-state index < -0.39 is 11.9 Å². The minimum atomic E-state index is -0.751. The van der Waals surface area contributed by atoms with Crippen molar-refractivity contribution in [2.24, 2.45) is 0 Å². The third-order valence-electron chi connectivity index (χ3n) is 2.94. The van der Waals surface area contributed by atoms with Gasteiger partial charge in [-0.3, -0.25) is 0 Å². The average molecular weight is 265 g/mol. The Morgan fingerprint density at radius 2 is 1.94 bits per heavy atom. The molecule has 0 heterocycles. The summed E-state index contributed by atoms with van der Waals surface area (Å²) in [6.07, 6.45) is -0.300. The maximum atomic E-state index is 13.2. The van der Waals surface area contributed by atoms with Crippen LogP contribution in [0.5, 0.6) is 0 Å². The number of hydrogen-bond acceptors (Lipinski definition) is 1. The molecule has 1 N–H and O–H groups in total. The van der Waals surface area contributed by atoms with Crippen LogP contribution < -0.4 is 0 Å². The number of aliphatic hydroxyl groups excluding tert-OH is 1. The van der Waals surface area contributed by atoms with Crippen LogP contribution in [0.2, 0.25) is 5.02 Å². The van der Waals surface area contributed by atoms with Crippen LogP contribution in [0.1, 0.15) is 22.8 Å². The van der Waals surface area contributed by atoms with Gasteiger partial charge in [-0.05, 0) is 41.8 Å². The van der Waals surface area contributed by atoms with E-state index in [9.17, 15) is 9.50 Å². The van der Waals surface area contributed by atoms with Gasteiger partial charge >= 0.3 is 0 Å². The number of hydrogen-bond donors (Lipinski definition) is 1. The monoisotopic (exact) mass is 264 g/mol. The summed E-state index contributed by atoms with van der Waals surface area (Å²) in [6, 6.07) is 12.0. The second-order valence-corrected chi connectivity index (χ2v) is 4.79. The summed E-state index contributed by atoms with van der Waals surface area (Å²) < 4.78 is 13.2. The molecule has 2 aromatic rings. The van der Waals surface area contributed by atoms with Crippen molar-refractivity contribution in [1.82, 2.24) is 0 Å². The van der Waals surface area contributed by atoms with Gasteiger partial charge in [-0.15, -0.1) is 0 Å². The Hall–Kier alpha value is -1.38. The molecule has 2 rings (SSSR count). The molecule has 1 unspecified atom stereocenters. The molecule has 0 aromatic heterocycles. The van der Waals surface area contributed by atoms with Crippen LogP contribution in [-0.4, -0.2) is 5.11 Å². The molecule has 1 nitrogen and oxygen atoms in total. The Bertz CT molecular complexity index is 534. The van der Waals surface area contributed by atoms with Crippen molar-refractivity contribution >= 4 is 11.6 Å². The van der Waals surface area contributed by atoms with Crippen molar-refractivity contribution in [2.75, 3.05) is 0 Å². The molecule has 2 aromatic carbocycles. The first-order chi connectivity index (χ1) is 8.56. The van der Waals surface area contributed by atoms with Crippen molar-refractivity contribution in [2.45, 2.75) is 19.4 Å². The average Bonchev–Trinajstić information content (AvgIpc) is 2.31. The second kappa shape index (κ2) is 5.51. The lowest BCUT2D eigenvalue weighted by atomic mass is 9.98. The van der Waals surface area contributed by atoms with Gasteiger partial charge in [0.15, 0.2) is 0 Å². The van der Waals surface area contributed by atoms with Gasteiger partial charge in [0, 0.05) is 11.4 Å². The molecule has 0 amide bonds. The summed E-state index contributed by atoms with van der Waals surface area (Å²) in [5.74, 6) is -0.429. The lowest BCUT2D eigenvalue weighted by Crippen LogP contribution is -2.03. The Balaban J connectivity index is 2.22. The molecular weight excluding hydrogens is 251 g/mol. The van der Waals surface area contributed by atoms with Crippen LogP contribution >= 0.6 is 11.6 Å². The van der Waals surface area contributed by atoms with Crippen molar-refractivity contribution < 1.29 is 9.50 Å². The smallest absolute Gasteiger partial charge is 0.125 e. The quantitative estimate of drug-likeness (QED) is 0.886. The molecule has 3 heteroatoms. The van der Waals surface area contributed by atoms with Gasteiger partial charge in [0.2, 0.25) is 0 Å². The molecule has 0 saturated heterocycles. The molecule has 0 spiro atoms. The van der Waals surface area contributed by atoms with Crippen LogP contribution in [0, 0.1) is 12.7 Å². The van der Waals surface area contributed by atoms with Crippen molar-refractivity contribution in [3.63, 3.8) is 0 Å². The number of halogens is 2. The highest BCUT2D eigenvalue weighted by Gasteiger charge is 2.11. The predicted molar refractivity (Wildman–Crippen MR) is 71.3 cm³/mol. The maximum Gasteiger partial charge on any atom is 0.125 e. The standard InChI is InChI=1S/C15H14ClFO/c1-10-4-2-3-5-11(10)8-15(18)12-6-13(16)9-14(17)7-12/h2-7,9,15,18H,8H2,1H3. The number of aryl methyl sites for hydroxylation is 1. The lowest BCUT2D eigenvalue weighted by molar-refractivity contribution is 0.178. The van der Waals surface area contributed by atoms with E-state index in [-0.39, 0.29) is 0 Å². The third kappa shape index (κ3) is 3.09. The van der Waals surface area contributed by atoms with E-state index in [2.05, 4.69) is 0 Å². The number of benzene rings is 2. The molecular formula is C15H14ClFO. The highest BCUT2D eigenvalue weighted by molar-refractivity contribution is 6.30. The summed E-state index contributed by atoms with van der Waals surface area (Å²) >= 11 is 5.78. The second-order valence-electron chi connectivity index (χ2n) is 4.35. The van der Waals surface area contributed by atoms with E-state index >= 15 is 0 Å². The van der Waals surface area contributed by atoms with Crippen molar-refractivity contribution in [3.05, 3.63) is 70.0 Å². The minimum absolute atomic E-state index is 0.300. The SMILES string of the molecule is Cc1ccccc1CC(O)c1cc(F)cc(Cl)c1. The van der Waals surface area contributed by atoms with E-state index in [1.165, 1.54) is 12.1 Å². The van der Waals surface area contributed by atoms with E-state index in [1.807, 2.05) is 31.2 Å². The summed E-state index contributed by atoms with van der Waals surface area (Å²) in [6.45, 7) is 1.99. The molecule has 1 atom stereocenters. The van der Waals surface area contributed by atoms with Crippen molar-refractivity contribution in [3.8, 4) is 0 Å². The van der Waals surface area contributed by atoms with Gasteiger partial charge in [-0.25, -0.2) is 4.39 Å². The molecule has 18 heavy (non-hydrogen) atoms. The Kier molecular flexibility index (Phi) is 4.00. The number of rotatable bonds is 3. The fraction of sp³-hybridized carbons (Fsp3) is 0.200. The molecule has 0 bridgehead atoms. The fourth-order valence-corrected chi connectivity index (χ4v) is 2.16. The minimum Gasteiger partial charge on any atom is -0.388 e. The van der Waals surface area contributed by atoms with E-state index in [0.717, 1.165) is 11.1 Å². The van der Waals surface area contributed by atoms with Gasteiger partial charge in [0.1, 0.15) is 5.82 Å². The van der Waals surface area contributed by atoms with Gasteiger partial charge in [0.25, 0.3) is 0 Å². The molecule has 0 fully saturated rings. The maximum absolute atomic E-state index is 13.2. The first kappa shape index (κ1) is 13.1. The van der Waals surface area contributed by atoms with Gasteiger partial charge in [-0.2, -0.15) is 0 Å². The van der Waals surface area contributed by atoms with E-state index in [1.54, 1.807) is 6.07 Å². The fourth-order valence-electron chi connectivity index (χ4n) is 1.93. The summed E-state index contributed by atoms with van der Waals surface area (Å²) in [5.41, 5.74) is 2.66. The lowest BCUT2D eigenvalue weighted by Gasteiger charge is -2.13. The van der Waals surface area contributed by atoms with Crippen LogP contribution in [0.15, 0.2) is 42.5 Å². The van der Waals surface area contributed by atoms with Gasteiger partial charge in [-0.1, -0.05) is 35.9 Å². The van der Waals surface area contributed by atoms with E-state index in [0.29, 0.717) is 17.0 Å². The van der Waals surface area contributed by atoms with Crippen LogP contribution in [-0.2, 0) is 6.42 Å². The number of aliphatic hydroxyl groups is 1. The molecule has 0 radical (unpaired) electrons. The predicted octanol–water partition coefficient (Wildman–Crippen LogP) is 4.06. The zero-order valence-electron chi connectivity index (χ0n) is 10.0.